The number of aryl methyl sites for hydroxylation is 1. The molecule has 0 N–H and O–H groups in total. The van der Waals surface area contributed by atoms with Crippen molar-refractivity contribution in [3.05, 3.63) is 54.2 Å². The van der Waals surface area contributed by atoms with Gasteiger partial charge in [0.1, 0.15) is 0 Å². The van der Waals surface area contributed by atoms with E-state index in [1.54, 1.807) is 0 Å². The molecule has 1 aromatic carbocycles. The van der Waals surface area contributed by atoms with E-state index in [0.29, 0.717) is 0 Å². The summed E-state index contributed by atoms with van der Waals surface area (Å²) < 4.78 is 0. The molecule has 0 radical (unpaired) electrons. The smallest absolute Gasteiger partial charge is 0.0701 e. The Bertz CT molecular complexity index is 417. The Labute approximate surface area is 111 Å². The number of pyridine rings is 1. The maximum Gasteiger partial charge on any atom is 0.0701 e. The zero-order valence-corrected chi connectivity index (χ0v) is 11.7. The first-order valence-corrected chi connectivity index (χ1v) is 6.90. The van der Waals surface area contributed by atoms with Crippen LogP contribution in [0, 0.1) is 0 Å². The molecule has 0 fully saturated rings. The van der Waals surface area contributed by atoms with Crippen LogP contribution in [0.5, 0.6) is 0 Å². The van der Waals surface area contributed by atoms with E-state index in [-0.39, 0.29) is 0 Å². The number of unbranched alkanes of at least 4 members (excludes halogenated alkanes) is 1. The molecule has 0 aliphatic carbocycles. The maximum absolute atomic E-state index is 4.34. The van der Waals surface area contributed by atoms with Gasteiger partial charge >= 0.3 is 0 Å². The molecule has 1 nitrogen and oxygen atoms in total. The maximum atomic E-state index is 4.34. The number of nitrogens with zero attached hydrogens (tertiary/aromatic N) is 1. The zero-order chi connectivity index (χ0) is 13.2. The summed E-state index contributed by atoms with van der Waals surface area (Å²) in [4.78, 5) is 4.34. The summed E-state index contributed by atoms with van der Waals surface area (Å²) in [7, 11) is 0. The molecule has 0 spiro atoms. The zero-order valence-electron chi connectivity index (χ0n) is 11.7. The second-order valence-corrected chi connectivity index (χ2v) is 4.02. The Morgan fingerprint density at radius 1 is 0.944 bits per heavy atom. The van der Waals surface area contributed by atoms with Gasteiger partial charge in [-0.25, -0.2) is 0 Å². The molecule has 0 saturated heterocycles. The summed E-state index contributed by atoms with van der Waals surface area (Å²) in [6.45, 7) is 6.22. The molecular formula is C17H23N. The van der Waals surface area contributed by atoms with Crippen molar-refractivity contribution in [3.8, 4) is 11.3 Å². The topological polar surface area (TPSA) is 12.9 Å². The van der Waals surface area contributed by atoms with E-state index >= 15 is 0 Å². The Morgan fingerprint density at radius 3 is 2.22 bits per heavy atom. The molecule has 96 valence electrons. The molecular weight excluding hydrogens is 218 g/mol. The lowest BCUT2D eigenvalue weighted by molar-refractivity contribution is 0.795. The standard InChI is InChI=1S/C15H17N.C2H6/c1-2-3-6-13-8-10-14(11-9-13)15-7-4-5-12-16-15;1-2/h4-5,7-12H,2-3,6H2,1H3;1-2H3. The van der Waals surface area contributed by atoms with E-state index in [2.05, 4.69) is 36.2 Å². The Kier molecular flexibility index (Phi) is 6.78. The SMILES string of the molecule is CC.CCCCc1ccc(-c2ccccn2)cc1. The Morgan fingerprint density at radius 2 is 1.67 bits per heavy atom. The fourth-order valence-electron chi connectivity index (χ4n) is 1.76. The molecule has 18 heavy (non-hydrogen) atoms. The second-order valence-electron chi connectivity index (χ2n) is 4.02. The predicted octanol–water partition coefficient (Wildman–Crippen LogP) is 5.12. The van der Waals surface area contributed by atoms with Gasteiger partial charge in [-0.3, -0.25) is 4.98 Å². The van der Waals surface area contributed by atoms with Crippen molar-refractivity contribution < 1.29 is 0 Å². The number of rotatable bonds is 4. The van der Waals surface area contributed by atoms with Crippen molar-refractivity contribution >= 4 is 0 Å². The van der Waals surface area contributed by atoms with E-state index in [1.165, 1.54) is 30.4 Å². The van der Waals surface area contributed by atoms with Gasteiger partial charge < -0.3 is 0 Å². The van der Waals surface area contributed by atoms with Crippen molar-refractivity contribution in [2.24, 2.45) is 0 Å². The average molecular weight is 241 g/mol. The van der Waals surface area contributed by atoms with Crippen LogP contribution in [-0.4, -0.2) is 4.98 Å². The lowest BCUT2D eigenvalue weighted by Crippen LogP contribution is -1.86. The van der Waals surface area contributed by atoms with Crippen LogP contribution in [0.15, 0.2) is 48.7 Å². The minimum Gasteiger partial charge on any atom is -0.256 e. The molecule has 0 unspecified atom stereocenters. The Balaban J connectivity index is 0.000000771. The molecule has 1 heteroatoms. The van der Waals surface area contributed by atoms with Gasteiger partial charge in [0.15, 0.2) is 0 Å². The van der Waals surface area contributed by atoms with Gasteiger partial charge in [-0.15, -0.1) is 0 Å². The van der Waals surface area contributed by atoms with Gasteiger partial charge in [-0.05, 0) is 30.5 Å². The quantitative estimate of drug-likeness (QED) is 0.724. The van der Waals surface area contributed by atoms with Crippen LogP contribution >= 0.6 is 0 Å². The average Bonchev–Trinajstić information content (AvgIpc) is 2.49. The fourth-order valence-corrected chi connectivity index (χ4v) is 1.76. The molecule has 0 aliphatic heterocycles. The normalized spacial score (nSPS) is 9.50. The van der Waals surface area contributed by atoms with Crippen molar-refractivity contribution in [2.75, 3.05) is 0 Å². The number of benzene rings is 1. The van der Waals surface area contributed by atoms with Crippen LogP contribution in [0.2, 0.25) is 0 Å². The second kappa shape index (κ2) is 8.46. The summed E-state index contributed by atoms with van der Waals surface area (Å²) in [5.41, 5.74) is 3.66. The summed E-state index contributed by atoms with van der Waals surface area (Å²) in [5, 5.41) is 0. The molecule has 2 rings (SSSR count). The first-order valence-electron chi connectivity index (χ1n) is 6.90. The van der Waals surface area contributed by atoms with Crippen LogP contribution in [0.25, 0.3) is 11.3 Å². The monoisotopic (exact) mass is 241 g/mol. The number of aromatic nitrogens is 1. The van der Waals surface area contributed by atoms with Gasteiger partial charge in [0.05, 0.1) is 5.69 Å². The third-order valence-corrected chi connectivity index (χ3v) is 2.73. The van der Waals surface area contributed by atoms with E-state index in [9.17, 15) is 0 Å². The highest BCUT2D eigenvalue weighted by atomic mass is 14.7. The van der Waals surface area contributed by atoms with Crippen molar-refractivity contribution in [1.29, 1.82) is 0 Å². The first-order chi connectivity index (χ1) is 8.90. The first kappa shape index (κ1) is 14.4. The highest BCUT2D eigenvalue weighted by Crippen LogP contribution is 2.17. The van der Waals surface area contributed by atoms with Crippen LogP contribution in [0.4, 0.5) is 0 Å². The Hall–Kier alpha value is -1.63. The molecule has 0 bridgehead atoms. The van der Waals surface area contributed by atoms with E-state index in [1.807, 2.05) is 38.2 Å². The molecule has 0 atom stereocenters. The fraction of sp³-hybridized carbons (Fsp3) is 0.353. The third-order valence-electron chi connectivity index (χ3n) is 2.73. The minimum absolute atomic E-state index is 1.05. The lowest BCUT2D eigenvalue weighted by Gasteiger charge is -2.03. The van der Waals surface area contributed by atoms with Crippen LogP contribution < -0.4 is 0 Å². The van der Waals surface area contributed by atoms with Gasteiger partial charge in [-0.1, -0.05) is 57.5 Å². The summed E-state index contributed by atoms with van der Waals surface area (Å²) in [6, 6.07) is 14.7. The van der Waals surface area contributed by atoms with Gasteiger partial charge in [-0.2, -0.15) is 0 Å². The minimum atomic E-state index is 1.05. The third kappa shape index (κ3) is 4.33. The van der Waals surface area contributed by atoms with E-state index in [4.69, 9.17) is 0 Å². The van der Waals surface area contributed by atoms with E-state index in [0.717, 1.165) is 5.69 Å². The summed E-state index contributed by atoms with van der Waals surface area (Å²) in [6.07, 6.45) is 5.53. The van der Waals surface area contributed by atoms with Crippen molar-refractivity contribution in [2.45, 2.75) is 40.0 Å². The van der Waals surface area contributed by atoms with Gasteiger partial charge in [0.25, 0.3) is 0 Å². The predicted molar refractivity (Wildman–Crippen MR) is 79.6 cm³/mol. The van der Waals surface area contributed by atoms with Crippen LogP contribution in [0.3, 0.4) is 0 Å². The largest absolute Gasteiger partial charge is 0.256 e. The number of hydrogen-bond donors (Lipinski definition) is 0. The molecule has 0 aliphatic rings. The summed E-state index contributed by atoms with van der Waals surface area (Å²) in [5.74, 6) is 0. The van der Waals surface area contributed by atoms with Crippen LogP contribution in [-0.2, 0) is 6.42 Å². The molecule has 1 aromatic heterocycles. The summed E-state index contributed by atoms with van der Waals surface area (Å²) >= 11 is 0. The van der Waals surface area contributed by atoms with Crippen molar-refractivity contribution in [3.63, 3.8) is 0 Å². The van der Waals surface area contributed by atoms with Gasteiger partial charge in [0, 0.05) is 11.8 Å². The van der Waals surface area contributed by atoms with Gasteiger partial charge in [0.2, 0.25) is 0 Å². The molecule has 0 amide bonds. The molecule has 1 heterocycles. The highest BCUT2D eigenvalue weighted by Gasteiger charge is 1.98. The molecule has 2 aromatic rings. The molecule has 0 saturated carbocycles. The van der Waals surface area contributed by atoms with Crippen LogP contribution in [0.1, 0.15) is 39.2 Å². The lowest BCUT2D eigenvalue weighted by atomic mass is 10.0. The van der Waals surface area contributed by atoms with Crippen molar-refractivity contribution in [1.82, 2.24) is 4.98 Å². The van der Waals surface area contributed by atoms with E-state index < -0.39 is 0 Å². The highest BCUT2D eigenvalue weighted by molar-refractivity contribution is 5.58. The number of hydrogen-bond acceptors (Lipinski definition) is 1.